The minimum atomic E-state index is -3.54. The number of nitrogens with zero attached hydrogens (tertiary/aromatic N) is 1. The standard InChI is InChI=1S/C14H16ClNO3S/c15-10-4-6-14(7-5-10)20(18,19)16-11-2-1-3-12(16)9-13(17)8-11/h4-7,11-12H,1-3,8-9H2/t11-,12?/m1/s1. The lowest BCUT2D eigenvalue weighted by Crippen LogP contribution is -2.54. The summed E-state index contributed by atoms with van der Waals surface area (Å²) in [5, 5.41) is 0.512. The zero-order chi connectivity index (χ0) is 14.3. The van der Waals surface area contributed by atoms with Gasteiger partial charge >= 0.3 is 0 Å². The number of sulfonamides is 1. The molecule has 0 N–H and O–H groups in total. The molecule has 0 amide bonds. The van der Waals surface area contributed by atoms with E-state index in [2.05, 4.69) is 0 Å². The molecule has 2 aliphatic rings. The van der Waals surface area contributed by atoms with Crippen molar-refractivity contribution in [2.75, 3.05) is 0 Å². The van der Waals surface area contributed by atoms with Gasteiger partial charge in [0.05, 0.1) is 4.90 Å². The second kappa shape index (κ2) is 5.13. The number of Topliss-reactive ketones (excluding diaryl/α,β-unsaturated/α-hetero) is 1. The maximum Gasteiger partial charge on any atom is 0.243 e. The number of fused-ring (bicyclic) bond motifs is 2. The first-order valence-corrected chi connectivity index (χ1v) is 8.61. The Morgan fingerprint density at radius 3 is 2.15 bits per heavy atom. The highest BCUT2D eigenvalue weighted by Gasteiger charge is 2.44. The summed E-state index contributed by atoms with van der Waals surface area (Å²) in [6, 6.07) is 5.89. The number of ketones is 1. The number of hydrogen-bond acceptors (Lipinski definition) is 3. The molecule has 0 radical (unpaired) electrons. The predicted molar refractivity (Wildman–Crippen MR) is 76.1 cm³/mol. The van der Waals surface area contributed by atoms with Crippen LogP contribution in [-0.4, -0.2) is 30.6 Å². The Balaban J connectivity index is 1.98. The second-order valence-electron chi connectivity index (χ2n) is 5.47. The lowest BCUT2D eigenvalue weighted by atomic mass is 9.86. The first-order chi connectivity index (χ1) is 9.48. The van der Waals surface area contributed by atoms with Crippen LogP contribution in [0.1, 0.15) is 32.1 Å². The van der Waals surface area contributed by atoms with Gasteiger partial charge in [0.15, 0.2) is 0 Å². The molecule has 0 spiro atoms. The fraction of sp³-hybridized carbons (Fsp3) is 0.500. The Hall–Kier alpha value is -0.910. The average molecular weight is 314 g/mol. The van der Waals surface area contributed by atoms with E-state index >= 15 is 0 Å². The SMILES string of the molecule is O=C1CC2CCC[C@H](C1)N2S(=O)(=O)c1ccc(Cl)cc1. The number of carbonyl (C=O) groups excluding carboxylic acids is 1. The zero-order valence-corrected chi connectivity index (χ0v) is 12.5. The van der Waals surface area contributed by atoms with Crippen molar-refractivity contribution >= 4 is 27.4 Å². The largest absolute Gasteiger partial charge is 0.300 e. The molecule has 0 saturated carbocycles. The normalized spacial score (nSPS) is 27.6. The van der Waals surface area contributed by atoms with Gasteiger partial charge in [0.2, 0.25) is 10.0 Å². The summed E-state index contributed by atoms with van der Waals surface area (Å²) in [6.45, 7) is 0. The smallest absolute Gasteiger partial charge is 0.243 e. The van der Waals surface area contributed by atoms with Crippen LogP contribution in [0.3, 0.4) is 0 Å². The Labute approximate surface area is 123 Å². The fourth-order valence-electron chi connectivity index (χ4n) is 3.26. The van der Waals surface area contributed by atoms with Crippen molar-refractivity contribution in [3.8, 4) is 0 Å². The van der Waals surface area contributed by atoms with E-state index in [0.717, 1.165) is 19.3 Å². The van der Waals surface area contributed by atoms with Crippen molar-refractivity contribution in [1.29, 1.82) is 0 Å². The van der Waals surface area contributed by atoms with Crippen molar-refractivity contribution < 1.29 is 13.2 Å². The minimum Gasteiger partial charge on any atom is -0.300 e. The minimum absolute atomic E-state index is 0.171. The molecule has 2 aliphatic heterocycles. The molecule has 6 heteroatoms. The van der Waals surface area contributed by atoms with Crippen molar-refractivity contribution in [3.05, 3.63) is 29.3 Å². The highest BCUT2D eigenvalue weighted by molar-refractivity contribution is 7.89. The van der Waals surface area contributed by atoms with Crippen LogP contribution >= 0.6 is 11.6 Å². The number of benzene rings is 1. The van der Waals surface area contributed by atoms with Crippen molar-refractivity contribution in [2.24, 2.45) is 0 Å². The molecule has 2 saturated heterocycles. The molecule has 1 aromatic carbocycles. The molecular weight excluding hydrogens is 298 g/mol. The van der Waals surface area contributed by atoms with Gasteiger partial charge in [-0.15, -0.1) is 0 Å². The molecule has 108 valence electrons. The first kappa shape index (κ1) is 14.0. The summed E-state index contributed by atoms with van der Waals surface area (Å²) >= 11 is 5.81. The van der Waals surface area contributed by atoms with E-state index in [1.807, 2.05) is 0 Å². The zero-order valence-electron chi connectivity index (χ0n) is 11.0. The molecule has 0 aliphatic carbocycles. The molecule has 1 unspecified atom stereocenters. The van der Waals surface area contributed by atoms with Gasteiger partial charge in [-0.2, -0.15) is 4.31 Å². The van der Waals surface area contributed by atoms with Crippen molar-refractivity contribution in [2.45, 2.75) is 49.1 Å². The first-order valence-electron chi connectivity index (χ1n) is 6.79. The van der Waals surface area contributed by atoms with Crippen molar-refractivity contribution in [3.63, 3.8) is 0 Å². The Kier molecular flexibility index (Phi) is 3.60. The van der Waals surface area contributed by atoms with E-state index in [4.69, 9.17) is 11.6 Å². The molecule has 2 atom stereocenters. The molecule has 2 heterocycles. The third-order valence-electron chi connectivity index (χ3n) is 4.11. The van der Waals surface area contributed by atoms with Crippen LogP contribution < -0.4 is 0 Å². The Morgan fingerprint density at radius 1 is 1.05 bits per heavy atom. The summed E-state index contributed by atoms with van der Waals surface area (Å²) in [6.07, 6.45) is 3.24. The summed E-state index contributed by atoms with van der Waals surface area (Å²) < 4.78 is 27.2. The second-order valence-corrected chi connectivity index (χ2v) is 7.75. The number of carbonyl (C=O) groups is 1. The number of hydrogen-bond donors (Lipinski definition) is 0. The van der Waals surface area contributed by atoms with Crippen LogP contribution in [0, 0.1) is 0 Å². The number of halogens is 1. The maximum absolute atomic E-state index is 12.8. The van der Waals surface area contributed by atoms with Gasteiger partial charge in [-0.1, -0.05) is 18.0 Å². The summed E-state index contributed by atoms with van der Waals surface area (Å²) in [7, 11) is -3.54. The monoisotopic (exact) mass is 313 g/mol. The Morgan fingerprint density at radius 2 is 1.60 bits per heavy atom. The van der Waals surface area contributed by atoms with E-state index < -0.39 is 10.0 Å². The van der Waals surface area contributed by atoms with Gasteiger partial charge in [0.1, 0.15) is 5.78 Å². The van der Waals surface area contributed by atoms with Crippen LogP contribution in [0.4, 0.5) is 0 Å². The van der Waals surface area contributed by atoms with Gasteiger partial charge < -0.3 is 0 Å². The van der Waals surface area contributed by atoms with Gasteiger partial charge in [0, 0.05) is 29.9 Å². The highest BCUT2D eigenvalue weighted by atomic mass is 35.5. The quantitative estimate of drug-likeness (QED) is 0.843. The molecule has 2 bridgehead atoms. The average Bonchev–Trinajstić information content (AvgIpc) is 2.37. The van der Waals surface area contributed by atoms with Gasteiger partial charge in [-0.05, 0) is 37.1 Å². The van der Waals surface area contributed by atoms with Crippen LogP contribution in [0.2, 0.25) is 5.02 Å². The molecule has 0 aromatic heterocycles. The summed E-state index contributed by atoms with van der Waals surface area (Å²) in [4.78, 5) is 11.9. The van der Waals surface area contributed by atoms with Crippen LogP contribution in [-0.2, 0) is 14.8 Å². The molecule has 1 aromatic rings. The molecule has 3 rings (SSSR count). The maximum atomic E-state index is 12.8. The molecule has 2 fully saturated rings. The van der Waals surface area contributed by atoms with Crippen LogP contribution in [0.15, 0.2) is 29.2 Å². The van der Waals surface area contributed by atoms with E-state index in [9.17, 15) is 13.2 Å². The lowest BCUT2D eigenvalue weighted by molar-refractivity contribution is -0.124. The number of rotatable bonds is 2. The molecule has 20 heavy (non-hydrogen) atoms. The number of piperidine rings is 2. The highest BCUT2D eigenvalue weighted by Crippen LogP contribution is 2.36. The van der Waals surface area contributed by atoms with E-state index in [0.29, 0.717) is 17.9 Å². The molecule has 4 nitrogen and oxygen atoms in total. The van der Waals surface area contributed by atoms with E-state index in [1.54, 1.807) is 16.4 Å². The van der Waals surface area contributed by atoms with Crippen LogP contribution in [0.25, 0.3) is 0 Å². The van der Waals surface area contributed by atoms with Crippen molar-refractivity contribution in [1.82, 2.24) is 4.31 Å². The van der Waals surface area contributed by atoms with Gasteiger partial charge in [-0.25, -0.2) is 8.42 Å². The summed E-state index contributed by atoms with van der Waals surface area (Å²) in [5.74, 6) is 0.183. The van der Waals surface area contributed by atoms with E-state index in [1.165, 1.54) is 12.1 Å². The fourth-order valence-corrected chi connectivity index (χ4v) is 5.25. The Bertz CT molecular complexity index is 610. The third kappa shape index (κ3) is 2.38. The van der Waals surface area contributed by atoms with Crippen LogP contribution in [0.5, 0.6) is 0 Å². The van der Waals surface area contributed by atoms with Gasteiger partial charge in [-0.3, -0.25) is 4.79 Å². The summed E-state index contributed by atoms with van der Waals surface area (Å²) in [5.41, 5.74) is 0. The third-order valence-corrected chi connectivity index (χ3v) is 6.38. The van der Waals surface area contributed by atoms with E-state index in [-0.39, 0.29) is 22.8 Å². The predicted octanol–water partition coefficient (Wildman–Crippen LogP) is 2.61. The van der Waals surface area contributed by atoms with Gasteiger partial charge in [0.25, 0.3) is 0 Å². The molecular formula is C14H16ClNO3S. The lowest BCUT2D eigenvalue weighted by Gasteiger charge is -2.44. The topological polar surface area (TPSA) is 54.5 Å².